The van der Waals surface area contributed by atoms with Gasteiger partial charge in [-0.2, -0.15) is 0 Å². The van der Waals surface area contributed by atoms with Crippen LogP contribution in [-0.2, 0) is 38.2 Å². The Bertz CT molecular complexity index is 4490. The zero-order valence-electron chi connectivity index (χ0n) is 79.3. The summed E-state index contributed by atoms with van der Waals surface area (Å²) in [6, 6.07) is 49.0. The number of morpholine rings is 2. The molecule has 0 saturated carbocycles. The molecule has 0 aliphatic carbocycles. The van der Waals surface area contributed by atoms with Crippen LogP contribution in [0, 0.1) is 6.92 Å². The molecule has 6 amide bonds. The highest BCUT2D eigenvalue weighted by atomic mass is 35.5. The van der Waals surface area contributed by atoms with Gasteiger partial charge in [-0.15, -0.1) is 0 Å². The molecular weight excluding hydrogens is 1800 g/mol. The van der Waals surface area contributed by atoms with Gasteiger partial charge in [0.05, 0.1) is 55.7 Å². The van der Waals surface area contributed by atoms with E-state index >= 15 is 0 Å². The molecule has 7 aliphatic heterocycles. The van der Waals surface area contributed by atoms with Crippen molar-refractivity contribution in [1.29, 1.82) is 0 Å². The van der Waals surface area contributed by atoms with Crippen LogP contribution >= 0.6 is 34.8 Å². The van der Waals surface area contributed by atoms with E-state index in [4.69, 9.17) is 83.4 Å². The quantitative estimate of drug-likeness (QED) is 0.0170. The van der Waals surface area contributed by atoms with Gasteiger partial charge in [0, 0.05) is 122 Å². The van der Waals surface area contributed by atoms with Crippen molar-refractivity contribution in [3.63, 3.8) is 0 Å². The zero-order valence-corrected chi connectivity index (χ0v) is 81.6. The Balaban J connectivity index is 0.000000196. The van der Waals surface area contributed by atoms with E-state index in [0.29, 0.717) is 94.4 Å². The molecule has 30 nitrogen and oxygen atoms in total. The van der Waals surface area contributed by atoms with Crippen molar-refractivity contribution in [1.82, 2.24) is 39.6 Å². The van der Waals surface area contributed by atoms with Gasteiger partial charge >= 0.3 is 0 Å². The van der Waals surface area contributed by atoms with Crippen molar-refractivity contribution >= 4 is 70.2 Å². The standard InChI is InChI=1S/C23H38N2O3.C14H20N2O3.C14H20N2O2.C13H16Cl2N2O2.C13H17ClN2O2.C13H18N2O2.C13H20N2O2/c1-2-3-4-5-6-7-11-14-22(26)24-21(19-25-15-17-28-18-16-25)23(27)20-12-9-8-10-13-20;1-19-11-6-4-10(5-7-11)13(17)12(15)14(18)16-8-2-3-9-16;1-10-4-6-11(7-5-10)13(17)12(15)14(18)16-8-2-3-9-16;14-9-4-3-8(7-10(9)15)12(18)11(16)13(19)17-5-1-2-6-17;14-10-5-3-9(4-6-10)12(17)11(15)13(18)16-7-1-2-8-16;14-11(13(17)15-8-4-5-9-15)12(16)10-6-2-1-3-7-10;14-12(10-15-6-8-17-9-7-15)13(16)11-4-2-1-3-5-11/h8-10,12-13,21,23,27H,2-7,11,14-19H2,1H3,(H,24,26);4-7,12-13,17H,2-3,8-9,15H2,1H3;4-7,12-13,17H,2-3,8-9,15H2,1H3;3-4,7,11-12,18H,1-2,5-6,16H2;3-6,11-12,17H,1-2,7-8,15H2;1-3,6-7,11-12,16H,4-5,8-9,14H2;1-5,12-13,16H,6-10,14H2/t21-,23-;2*12-,13+;3*11-,12+;12-,13-/m0111111/s1. The van der Waals surface area contributed by atoms with Gasteiger partial charge in [-0.05, 0) is 153 Å². The summed E-state index contributed by atoms with van der Waals surface area (Å²) in [5.74, 6) is -0.150. The predicted molar refractivity (Wildman–Crippen MR) is 532 cm³/mol. The molecule has 0 radical (unpaired) electrons. The molecule has 0 spiro atoms. The highest BCUT2D eigenvalue weighted by Gasteiger charge is 2.36. The first-order chi connectivity index (χ1) is 65.5. The molecule has 7 fully saturated rings. The molecular formula is C103H149Cl3N14O16. The van der Waals surface area contributed by atoms with Crippen LogP contribution in [0.4, 0.5) is 0 Å². The summed E-state index contributed by atoms with van der Waals surface area (Å²) in [6.45, 7) is 19.4. The second-order valence-corrected chi connectivity index (χ2v) is 36.8. The number of unbranched alkanes of at least 4 members (excludes halogenated alkanes) is 6. The molecule has 0 aromatic heterocycles. The maximum atomic E-state index is 12.5. The maximum absolute atomic E-state index is 12.5. The summed E-state index contributed by atoms with van der Waals surface area (Å²) in [6.07, 6.45) is 12.8. The maximum Gasteiger partial charge on any atom is 0.242 e. The summed E-state index contributed by atoms with van der Waals surface area (Å²) in [5.41, 5.74) is 41.3. The van der Waals surface area contributed by atoms with Gasteiger partial charge in [-0.25, -0.2) is 0 Å². The van der Waals surface area contributed by atoms with Crippen LogP contribution in [0.2, 0.25) is 15.1 Å². The molecule has 14 rings (SSSR count). The molecule has 7 aromatic carbocycles. The molecule has 20 N–H and O–H groups in total. The lowest BCUT2D eigenvalue weighted by atomic mass is 10.0. The third kappa shape index (κ3) is 37.2. The smallest absolute Gasteiger partial charge is 0.242 e. The van der Waals surface area contributed by atoms with Crippen LogP contribution in [0.1, 0.15) is 210 Å². The van der Waals surface area contributed by atoms with E-state index in [1.165, 1.54) is 38.2 Å². The van der Waals surface area contributed by atoms with Crippen LogP contribution in [0.15, 0.2) is 182 Å². The number of halogens is 3. The molecule has 33 heteroatoms. The van der Waals surface area contributed by atoms with Gasteiger partial charge < -0.3 is 114 Å². The van der Waals surface area contributed by atoms with Crippen molar-refractivity contribution in [2.45, 2.75) is 214 Å². The summed E-state index contributed by atoms with van der Waals surface area (Å²) >= 11 is 17.5. The molecule has 0 unspecified atom stereocenters. The van der Waals surface area contributed by atoms with Crippen LogP contribution in [0.5, 0.6) is 5.75 Å². The van der Waals surface area contributed by atoms with E-state index < -0.39 is 72.9 Å². The van der Waals surface area contributed by atoms with Crippen molar-refractivity contribution in [2.24, 2.45) is 34.4 Å². The zero-order chi connectivity index (χ0) is 98.4. The number of hydrogen-bond donors (Lipinski definition) is 14. The number of carbonyl (C=O) groups excluding carboxylic acids is 6. The minimum atomic E-state index is -1.08. The Labute approximate surface area is 818 Å². The molecule has 0 bridgehead atoms. The first-order valence-electron chi connectivity index (χ1n) is 48.2. The third-order valence-corrected chi connectivity index (χ3v) is 26.3. The number of aliphatic hydroxyl groups excluding tert-OH is 7. The number of aryl methyl sites for hydroxylation is 1. The largest absolute Gasteiger partial charge is 0.497 e. The fourth-order valence-electron chi connectivity index (χ4n) is 16.8. The van der Waals surface area contributed by atoms with Crippen molar-refractivity contribution in [3.8, 4) is 5.75 Å². The van der Waals surface area contributed by atoms with E-state index in [2.05, 4.69) is 22.0 Å². The van der Waals surface area contributed by atoms with Crippen LogP contribution in [0.3, 0.4) is 0 Å². The number of nitrogens with zero attached hydrogens (tertiary/aromatic N) is 7. The lowest BCUT2D eigenvalue weighted by Crippen LogP contribution is -2.49. The number of aliphatic hydroxyl groups is 7. The van der Waals surface area contributed by atoms with E-state index in [9.17, 15) is 64.5 Å². The number of nitrogens with two attached hydrogens (primary N) is 6. The van der Waals surface area contributed by atoms with E-state index in [1.54, 1.807) is 104 Å². The van der Waals surface area contributed by atoms with Gasteiger partial charge in [-0.1, -0.05) is 231 Å². The van der Waals surface area contributed by atoms with E-state index in [-0.39, 0.29) is 47.5 Å². The molecule has 7 aliphatic rings. The minimum absolute atomic E-state index is 0.0433. The number of rotatable bonds is 33. The Hall–Kier alpha value is -8.65. The highest BCUT2D eigenvalue weighted by Crippen LogP contribution is 2.31. The van der Waals surface area contributed by atoms with Crippen molar-refractivity contribution in [3.05, 3.63) is 242 Å². The van der Waals surface area contributed by atoms with Crippen LogP contribution < -0.4 is 44.5 Å². The van der Waals surface area contributed by atoms with Gasteiger partial charge in [-0.3, -0.25) is 38.6 Å². The Morgan fingerprint density at radius 2 is 0.647 bits per heavy atom. The normalized spacial score (nSPS) is 18.6. The Kier molecular flexibility index (Phi) is 50.6. The van der Waals surface area contributed by atoms with E-state index in [1.807, 2.05) is 110 Å². The molecule has 14 atom stereocenters. The number of hydrogen-bond acceptors (Lipinski definition) is 24. The van der Waals surface area contributed by atoms with Gasteiger partial charge in [0.25, 0.3) is 0 Å². The third-order valence-electron chi connectivity index (χ3n) is 25.3. The molecule has 748 valence electrons. The summed E-state index contributed by atoms with van der Waals surface area (Å²) in [4.78, 5) is 85.9. The Morgan fingerprint density at radius 3 is 0.993 bits per heavy atom. The molecule has 7 heterocycles. The first kappa shape index (κ1) is 113. The summed E-state index contributed by atoms with van der Waals surface area (Å²) in [7, 11) is 1.58. The molecule has 7 aromatic rings. The van der Waals surface area contributed by atoms with Crippen molar-refractivity contribution in [2.75, 3.05) is 138 Å². The fraction of sp³-hybridized carbons (Fsp3) is 0.534. The lowest BCUT2D eigenvalue weighted by molar-refractivity contribution is -0.135. The lowest BCUT2D eigenvalue weighted by Gasteiger charge is -2.33. The van der Waals surface area contributed by atoms with Crippen LogP contribution in [-0.4, -0.2) is 286 Å². The predicted octanol–water partition coefficient (Wildman–Crippen LogP) is 9.68. The van der Waals surface area contributed by atoms with Gasteiger partial charge in [0.1, 0.15) is 72.6 Å². The first-order valence-corrected chi connectivity index (χ1v) is 49.3. The highest BCUT2D eigenvalue weighted by molar-refractivity contribution is 6.42. The topological polar surface area (TPSA) is 463 Å². The minimum Gasteiger partial charge on any atom is -0.497 e. The monoisotopic (exact) mass is 1940 g/mol. The number of likely N-dealkylation sites (tertiary alicyclic amines) is 5. The molecule has 136 heavy (non-hydrogen) atoms. The van der Waals surface area contributed by atoms with Crippen LogP contribution in [0.25, 0.3) is 0 Å². The number of nitrogens with one attached hydrogen (secondary N) is 1. The summed E-state index contributed by atoms with van der Waals surface area (Å²) in [5, 5.41) is 76.1. The average molecular weight is 1950 g/mol. The number of benzene rings is 7. The Morgan fingerprint density at radius 1 is 0.353 bits per heavy atom. The van der Waals surface area contributed by atoms with Crippen molar-refractivity contribution < 1.29 is 78.7 Å². The number of carbonyl (C=O) groups is 6. The fourth-order valence-corrected chi connectivity index (χ4v) is 17.2. The van der Waals surface area contributed by atoms with Gasteiger partial charge in [0.2, 0.25) is 35.4 Å². The number of methoxy groups -OCH3 is 1. The number of ether oxygens (including phenoxy) is 3. The van der Waals surface area contributed by atoms with E-state index in [0.717, 1.165) is 185 Å². The average Bonchev–Trinajstić information content (AvgIpc) is 1.19. The second-order valence-electron chi connectivity index (χ2n) is 35.6. The molecule has 7 saturated heterocycles. The second kappa shape index (κ2) is 61.0. The van der Waals surface area contributed by atoms with Gasteiger partial charge in [0.15, 0.2) is 0 Å². The summed E-state index contributed by atoms with van der Waals surface area (Å²) < 4.78 is 15.7. The number of amides is 6. The SMILES string of the molecule is CCCCCCCCCC(=O)N[C@@H](CN1CCOCC1)[C@@H](O)c1ccccc1.COc1ccc([C@H](O)[C@@H](N)C(=O)N2CCCC2)cc1.Cc1ccc([C@H](O)[C@@H](N)C(=O)N2CCCC2)cc1.N[C@@H](C(=O)N1CCCC1)[C@@H](O)c1ccc(Cl)c(Cl)c1.N[C@@H](C(=O)N1CCCC1)[C@@H](O)c1ccc(Cl)cc1.N[C@@H](C(=O)N1CCCC1)[C@@H](O)c1ccccc1.N[C@H](CN1CCOCC1)[C@H](O)c1ccccc1.